The number of allylic oxidation sites excluding steroid dienone is 1. The average molecular weight is 541 g/mol. The van der Waals surface area contributed by atoms with Crippen LogP contribution in [0.15, 0.2) is 59.7 Å². The molecule has 208 valence electrons. The summed E-state index contributed by atoms with van der Waals surface area (Å²) in [5, 5.41) is 33.4. The van der Waals surface area contributed by atoms with Crippen LogP contribution in [-0.2, 0) is 22.7 Å². The van der Waals surface area contributed by atoms with Crippen LogP contribution in [0.2, 0.25) is 0 Å². The summed E-state index contributed by atoms with van der Waals surface area (Å²) < 4.78 is 25.2. The molecule has 4 atom stereocenters. The van der Waals surface area contributed by atoms with Gasteiger partial charge in [0.2, 0.25) is 11.8 Å². The Kier molecular flexibility index (Phi) is 8.69. The Morgan fingerprint density at radius 2 is 1.87 bits per heavy atom. The Bertz CT molecular complexity index is 1290. The molecule has 0 aromatic heterocycles. The van der Waals surface area contributed by atoms with Crippen molar-refractivity contribution < 1.29 is 38.8 Å². The number of fused-ring (bicyclic) bond motifs is 3. The number of rotatable bonds is 9. The SMILES string of the molecule is COc1cc(CO)cc2c1O[C@@H]1[C@@H](O)[C@H](N(Cc3ccc(F)cc3)C(=O)C=C(C)C)C=C(C(=O)NCCO)[C@H]21. The number of benzene rings is 2. The van der Waals surface area contributed by atoms with Crippen molar-refractivity contribution in [2.45, 2.75) is 51.2 Å². The minimum Gasteiger partial charge on any atom is -0.493 e. The molecule has 2 aromatic rings. The van der Waals surface area contributed by atoms with Crippen LogP contribution in [0.25, 0.3) is 0 Å². The second kappa shape index (κ2) is 12.0. The van der Waals surface area contributed by atoms with E-state index in [1.807, 2.05) is 0 Å². The molecule has 0 spiro atoms. The van der Waals surface area contributed by atoms with Gasteiger partial charge in [-0.1, -0.05) is 17.7 Å². The van der Waals surface area contributed by atoms with Gasteiger partial charge in [0.25, 0.3) is 0 Å². The van der Waals surface area contributed by atoms with Gasteiger partial charge in [0.1, 0.15) is 18.0 Å². The zero-order valence-electron chi connectivity index (χ0n) is 22.1. The van der Waals surface area contributed by atoms with Gasteiger partial charge in [0.15, 0.2) is 11.5 Å². The molecular formula is C29H33FN2O7. The summed E-state index contributed by atoms with van der Waals surface area (Å²) in [6.07, 6.45) is 0.773. The van der Waals surface area contributed by atoms with Gasteiger partial charge in [0, 0.05) is 30.3 Å². The number of aliphatic hydroxyl groups is 3. The lowest BCUT2D eigenvalue weighted by atomic mass is 9.77. The van der Waals surface area contributed by atoms with Crippen molar-refractivity contribution in [3.05, 3.63) is 82.2 Å². The number of nitrogens with one attached hydrogen (secondary N) is 1. The largest absolute Gasteiger partial charge is 0.493 e. The van der Waals surface area contributed by atoms with Crippen molar-refractivity contribution in [3.63, 3.8) is 0 Å². The highest BCUT2D eigenvalue weighted by atomic mass is 19.1. The van der Waals surface area contributed by atoms with Crippen LogP contribution in [0, 0.1) is 5.82 Å². The smallest absolute Gasteiger partial charge is 0.247 e. The molecule has 0 saturated heterocycles. The number of halogens is 1. The van der Waals surface area contributed by atoms with Gasteiger partial charge in [-0.05, 0) is 55.3 Å². The van der Waals surface area contributed by atoms with E-state index in [-0.39, 0.29) is 31.9 Å². The van der Waals surface area contributed by atoms with E-state index in [2.05, 4.69) is 5.32 Å². The van der Waals surface area contributed by atoms with Crippen molar-refractivity contribution in [1.29, 1.82) is 0 Å². The first-order chi connectivity index (χ1) is 18.7. The van der Waals surface area contributed by atoms with Crippen LogP contribution in [0.3, 0.4) is 0 Å². The molecule has 9 nitrogen and oxygen atoms in total. The summed E-state index contributed by atoms with van der Waals surface area (Å²) in [6.45, 7) is 3.04. The van der Waals surface area contributed by atoms with Crippen LogP contribution in [0.5, 0.6) is 11.5 Å². The second-order valence-electron chi connectivity index (χ2n) is 9.83. The summed E-state index contributed by atoms with van der Waals surface area (Å²) in [4.78, 5) is 28.2. The number of nitrogens with zero attached hydrogens (tertiary/aromatic N) is 1. The van der Waals surface area contributed by atoms with E-state index in [4.69, 9.17) is 9.47 Å². The minimum absolute atomic E-state index is 0.00445. The Morgan fingerprint density at radius 1 is 1.15 bits per heavy atom. The van der Waals surface area contributed by atoms with Gasteiger partial charge < -0.3 is 35.0 Å². The quantitative estimate of drug-likeness (QED) is 0.358. The van der Waals surface area contributed by atoms with Gasteiger partial charge in [-0.2, -0.15) is 0 Å². The standard InChI is InChI=1S/C29H33FN2O7/c1-16(2)10-24(35)32(14-17-4-6-19(30)7-5-17)22-13-21(29(37)31-8-9-33)25-20-11-18(15-34)12-23(38-3)27(20)39-28(25)26(22)36/h4-7,10-13,22,25-26,28,33-34,36H,8-9,14-15H2,1-3H3,(H,31,37)/t22-,25+,26+,28+/m1/s1. The average Bonchev–Trinajstić information content (AvgIpc) is 3.31. The van der Waals surface area contributed by atoms with E-state index in [1.54, 1.807) is 44.2 Å². The highest BCUT2D eigenvalue weighted by Crippen LogP contribution is 2.51. The lowest BCUT2D eigenvalue weighted by molar-refractivity contribution is -0.133. The Morgan fingerprint density at radius 3 is 2.49 bits per heavy atom. The molecule has 0 fully saturated rings. The third-order valence-corrected chi connectivity index (χ3v) is 6.82. The number of aliphatic hydroxyl groups excluding tert-OH is 3. The van der Waals surface area contributed by atoms with Crippen molar-refractivity contribution in [2.75, 3.05) is 20.3 Å². The second-order valence-corrected chi connectivity index (χ2v) is 9.83. The summed E-state index contributed by atoms with van der Waals surface area (Å²) in [7, 11) is 1.45. The molecule has 2 aromatic carbocycles. The van der Waals surface area contributed by atoms with E-state index in [1.165, 1.54) is 30.2 Å². The zero-order chi connectivity index (χ0) is 28.3. The third-order valence-electron chi connectivity index (χ3n) is 6.82. The summed E-state index contributed by atoms with van der Waals surface area (Å²) in [5.41, 5.74) is 2.72. The molecule has 4 N–H and O–H groups in total. The number of carbonyl (C=O) groups is 2. The van der Waals surface area contributed by atoms with Crippen molar-refractivity contribution >= 4 is 11.8 Å². The van der Waals surface area contributed by atoms with E-state index < -0.39 is 41.8 Å². The topological polar surface area (TPSA) is 129 Å². The monoisotopic (exact) mass is 540 g/mol. The molecular weight excluding hydrogens is 507 g/mol. The lowest BCUT2D eigenvalue weighted by Gasteiger charge is -2.40. The van der Waals surface area contributed by atoms with Crippen molar-refractivity contribution in [2.24, 2.45) is 0 Å². The molecule has 1 aliphatic heterocycles. The van der Waals surface area contributed by atoms with E-state index in [0.29, 0.717) is 28.2 Å². The molecule has 1 aliphatic carbocycles. The number of methoxy groups -OCH3 is 1. The van der Waals surface area contributed by atoms with Crippen LogP contribution >= 0.6 is 0 Å². The number of hydrogen-bond acceptors (Lipinski definition) is 7. The predicted molar refractivity (Wildman–Crippen MR) is 140 cm³/mol. The Labute approximate surface area is 226 Å². The van der Waals surface area contributed by atoms with Crippen LogP contribution in [-0.4, -0.2) is 70.5 Å². The fraction of sp³-hybridized carbons (Fsp3) is 0.379. The summed E-state index contributed by atoms with van der Waals surface area (Å²) in [5.74, 6) is -1.35. The first-order valence-corrected chi connectivity index (χ1v) is 12.7. The molecule has 0 saturated carbocycles. The first kappa shape index (κ1) is 28.3. The summed E-state index contributed by atoms with van der Waals surface area (Å²) >= 11 is 0. The molecule has 10 heteroatoms. The molecule has 0 bridgehead atoms. The molecule has 2 amide bonds. The maximum Gasteiger partial charge on any atom is 0.247 e. The van der Waals surface area contributed by atoms with E-state index in [9.17, 15) is 29.3 Å². The number of carbonyl (C=O) groups excluding carboxylic acids is 2. The molecule has 4 rings (SSSR count). The van der Waals surface area contributed by atoms with Gasteiger partial charge in [-0.25, -0.2) is 4.39 Å². The number of amides is 2. The third kappa shape index (κ3) is 5.83. The summed E-state index contributed by atoms with van der Waals surface area (Å²) in [6, 6.07) is 8.03. The van der Waals surface area contributed by atoms with E-state index >= 15 is 0 Å². The fourth-order valence-electron chi connectivity index (χ4n) is 5.07. The van der Waals surface area contributed by atoms with E-state index in [0.717, 1.165) is 5.57 Å². The molecule has 2 aliphatic rings. The molecule has 0 unspecified atom stereocenters. The van der Waals surface area contributed by atoms with Gasteiger partial charge in [0.05, 0.1) is 32.3 Å². The maximum atomic E-state index is 13.6. The van der Waals surface area contributed by atoms with Crippen LogP contribution < -0.4 is 14.8 Å². The van der Waals surface area contributed by atoms with Crippen LogP contribution in [0.4, 0.5) is 4.39 Å². The maximum absolute atomic E-state index is 13.6. The highest BCUT2D eigenvalue weighted by molar-refractivity contribution is 5.96. The molecule has 39 heavy (non-hydrogen) atoms. The van der Waals surface area contributed by atoms with Crippen molar-refractivity contribution in [3.8, 4) is 11.5 Å². The number of ether oxygens (including phenoxy) is 2. The minimum atomic E-state index is -1.26. The Hall–Kier alpha value is -3.73. The van der Waals surface area contributed by atoms with Crippen LogP contribution in [0.1, 0.15) is 36.5 Å². The van der Waals surface area contributed by atoms with Gasteiger partial charge >= 0.3 is 0 Å². The van der Waals surface area contributed by atoms with Crippen molar-refractivity contribution in [1.82, 2.24) is 10.2 Å². The number of hydrogen-bond donors (Lipinski definition) is 4. The highest BCUT2D eigenvalue weighted by Gasteiger charge is 2.51. The van der Waals surface area contributed by atoms with Gasteiger partial charge in [-0.3, -0.25) is 9.59 Å². The first-order valence-electron chi connectivity index (χ1n) is 12.7. The van der Waals surface area contributed by atoms with Gasteiger partial charge in [-0.15, -0.1) is 0 Å². The zero-order valence-corrected chi connectivity index (χ0v) is 22.1. The Balaban J connectivity index is 1.83. The molecule has 1 heterocycles. The lowest BCUT2D eigenvalue weighted by Crippen LogP contribution is -2.55. The fourth-order valence-corrected chi connectivity index (χ4v) is 5.07. The normalized spacial score (nSPS) is 21.2. The predicted octanol–water partition coefficient (Wildman–Crippen LogP) is 1.94. The molecule has 0 radical (unpaired) electrons.